The van der Waals surface area contributed by atoms with Crippen molar-refractivity contribution in [1.29, 1.82) is 0 Å². The molecule has 0 atom stereocenters. The van der Waals surface area contributed by atoms with E-state index in [-0.39, 0.29) is 11.6 Å². The summed E-state index contributed by atoms with van der Waals surface area (Å²) in [6.07, 6.45) is 1.66. The van der Waals surface area contributed by atoms with Crippen LogP contribution in [0.4, 0.5) is 0 Å². The highest BCUT2D eigenvalue weighted by Gasteiger charge is 2.59. The Kier molecular flexibility index (Phi) is 2.56. The van der Waals surface area contributed by atoms with Gasteiger partial charge in [-0.3, -0.25) is 0 Å². The summed E-state index contributed by atoms with van der Waals surface area (Å²) in [4.78, 5) is 0.381. The van der Waals surface area contributed by atoms with Crippen LogP contribution in [0.2, 0.25) is 0 Å². The topological polar surface area (TPSA) is 46.6 Å². The molecule has 2 bridgehead atoms. The van der Waals surface area contributed by atoms with Crippen LogP contribution in [0.1, 0.15) is 18.4 Å². The van der Waals surface area contributed by atoms with E-state index in [4.69, 9.17) is 4.74 Å². The average molecular weight is 267 g/mol. The Balaban J connectivity index is 1.91. The number of ether oxygens (including phenoxy) is 1. The van der Waals surface area contributed by atoms with E-state index in [0.29, 0.717) is 11.4 Å². The van der Waals surface area contributed by atoms with E-state index in [1.165, 1.54) is 0 Å². The van der Waals surface area contributed by atoms with Gasteiger partial charge in [-0.15, -0.1) is 0 Å². The van der Waals surface area contributed by atoms with E-state index >= 15 is 0 Å². The molecular formula is C13H17NO3S. The van der Waals surface area contributed by atoms with E-state index in [9.17, 15) is 8.42 Å². The lowest BCUT2D eigenvalue weighted by Gasteiger charge is -2.35. The van der Waals surface area contributed by atoms with Crippen molar-refractivity contribution < 1.29 is 13.2 Å². The zero-order chi connectivity index (χ0) is 13.0. The largest absolute Gasteiger partial charge is 0.377 e. The first kappa shape index (κ1) is 12.1. The normalized spacial score (nSPS) is 31.3. The van der Waals surface area contributed by atoms with Crippen LogP contribution < -0.4 is 0 Å². The van der Waals surface area contributed by atoms with Gasteiger partial charge in [-0.05, 0) is 31.9 Å². The molecule has 18 heavy (non-hydrogen) atoms. The van der Waals surface area contributed by atoms with E-state index < -0.39 is 10.0 Å². The molecule has 0 radical (unpaired) electrons. The summed E-state index contributed by atoms with van der Waals surface area (Å²) in [5.74, 6) is 0. The maximum absolute atomic E-state index is 12.5. The Morgan fingerprint density at radius 1 is 1.28 bits per heavy atom. The van der Waals surface area contributed by atoms with Crippen LogP contribution in [0.3, 0.4) is 0 Å². The first-order valence-corrected chi connectivity index (χ1v) is 7.55. The highest BCUT2D eigenvalue weighted by atomic mass is 32.2. The molecule has 1 aromatic carbocycles. The number of hydrogen-bond acceptors (Lipinski definition) is 3. The fraction of sp³-hybridized carbons (Fsp3) is 0.538. The molecule has 0 N–H and O–H groups in total. The summed E-state index contributed by atoms with van der Waals surface area (Å²) in [5, 5.41) is 0. The molecule has 5 heteroatoms. The molecule has 1 aromatic rings. The van der Waals surface area contributed by atoms with Crippen molar-refractivity contribution in [2.45, 2.75) is 36.3 Å². The number of benzene rings is 1. The lowest BCUT2D eigenvalue weighted by Crippen LogP contribution is -2.42. The molecule has 0 unspecified atom stereocenters. The minimum Gasteiger partial charge on any atom is -0.377 e. The smallest absolute Gasteiger partial charge is 0.243 e. The van der Waals surface area contributed by atoms with Gasteiger partial charge >= 0.3 is 0 Å². The van der Waals surface area contributed by atoms with Crippen LogP contribution in [-0.4, -0.2) is 38.0 Å². The molecular weight excluding hydrogens is 250 g/mol. The summed E-state index contributed by atoms with van der Waals surface area (Å²) < 4.78 is 32.1. The molecule has 3 aliphatic rings. The molecule has 3 fully saturated rings. The van der Waals surface area contributed by atoms with Crippen LogP contribution in [0.25, 0.3) is 0 Å². The summed E-state index contributed by atoms with van der Waals surface area (Å²) in [7, 11) is -1.69. The van der Waals surface area contributed by atoms with Gasteiger partial charge in [-0.25, -0.2) is 8.42 Å². The minimum atomic E-state index is -3.36. The number of aryl methyl sites for hydroxylation is 1. The summed E-state index contributed by atoms with van der Waals surface area (Å²) in [6, 6.07) is 7.15. The molecule has 2 saturated heterocycles. The molecule has 0 spiro atoms. The predicted octanol–water partition coefficient (Wildman–Crippen LogP) is 1.55. The van der Waals surface area contributed by atoms with E-state index in [1.807, 2.05) is 19.1 Å². The Morgan fingerprint density at radius 3 is 2.39 bits per heavy atom. The molecule has 4 nitrogen and oxygen atoms in total. The maximum atomic E-state index is 12.5. The summed E-state index contributed by atoms with van der Waals surface area (Å²) in [6.45, 7) is 2.44. The van der Waals surface area contributed by atoms with Gasteiger partial charge in [-0.1, -0.05) is 17.7 Å². The number of sulfonamides is 1. The zero-order valence-electron chi connectivity index (χ0n) is 10.6. The highest BCUT2D eigenvalue weighted by molar-refractivity contribution is 7.89. The second-order valence-corrected chi connectivity index (χ2v) is 7.20. The second-order valence-electron chi connectivity index (χ2n) is 5.31. The monoisotopic (exact) mass is 267 g/mol. The van der Waals surface area contributed by atoms with Crippen molar-refractivity contribution in [2.24, 2.45) is 0 Å². The SMILES string of the molecule is COC12CC(C1)N(S(=O)(=O)c1ccc(C)cc1)C2. The summed E-state index contributed by atoms with van der Waals surface area (Å²) in [5.41, 5.74) is 0.843. The Bertz CT molecular complexity index is 558. The van der Waals surface area contributed by atoms with Gasteiger partial charge in [0.1, 0.15) is 0 Å². The molecule has 0 aromatic heterocycles. The van der Waals surface area contributed by atoms with Crippen molar-refractivity contribution in [3.8, 4) is 0 Å². The van der Waals surface area contributed by atoms with Gasteiger partial charge in [0.05, 0.1) is 10.5 Å². The molecule has 2 heterocycles. The first-order chi connectivity index (χ1) is 8.47. The molecule has 1 saturated carbocycles. The molecule has 4 rings (SSSR count). The number of hydrogen-bond donors (Lipinski definition) is 0. The quantitative estimate of drug-likeness (QED) is 0.834. The van der Waals surface area contributed by atoms with Gasteiger partial charge in [0.25, 0.3) is 0 Å². The predicted molar refractivity (Wildman–Crippen MR) is 67.8 cm³/mol. The summed E-state index contributed by atoms with van der Waals surface area (Å²) >= 11 is 0. The molecule has 0 amide bonds. The van der Waals surface area contributed by atoms with Crippen molar-refractivity contribution >= 4 is 10.0 Å². The molecule has 2 aliphatic heterocycles. The number of fused-ring (bicyclic) bond motifs is 1. The van der Waals surface area contributed by atoms with Crippen LogP contribution in [0, 0.1) is 6.92 Å². The van der Waals surface area contributed by atoms with E-state index in [0.717, 1.165) is 18.4 Å². The van der Waals surface area contributed by atoms with Crippen molar-refractivity contribution in [2.75, 3.05) is 13.7 Å². The van der Waals surface area contributed by atoms with Crippen LogP contribution in [0.15, 0.2) is 29.2 Å². The maximum Gasteiger partial charge on any atom is 0.243 e. The van der Waals surface area contributed by atoms with Crippen molar-refractivity contribution in [1.82, 2.24) is 4.31 Å². The van der Waals surface area contributed by atoms with Crippen molar-refractivity contribution in [3.63, 3.8) is 0 Å². The van der Waals surface area contributed by atoms with E-state index in [1.54, 1.807) is 23.5 Å². The van der Waals surface area contributed by atoms with Gasteiger partial charge < -0.3 is 4.74 Å². The van der Waals surface area contributed by atoms with Gasteiger partial charge in [0, 0.05) is 19.7 Å². The second kappa shape index (κ2) is 3.79. The lowest BCUT2D eigenvalue weighted by atomic mass is 9.81. The Hall–Kier alpha value is -0.910. The fourth-order valence-electron chi connectivity index (χ4n) is 2.90. The number of methoxy groups -OCH3 is 1. The highest BCUT2D eigenvalue weighted by Crippen LogP contribution is 2.48. The van der Waals surface area contributed by atoms with Crippen LogP contribution >= 0.6 is 0 Å². The lowest BCUT2D eigenvalue weighted by molar-refractivity contribution is -0.0364. The number of rotatable bonds is 3. The third-order valence-corrected chi connectivity index (χ3v) is 6.04. The number of nitrogens with zero attached hydrogens (tertiary/aromatic N) is 1. The van der Waals surface area contributed by atoms with Gasteiger partial charge in [-0.2, -0.15) is 4.31 Å². The molecule has 98 valence electrons. The average Bonchev–Trinajstić information content (AvgIpc) is 2.85. The standard InChI is InChI=1S/C13H17NO3S/c1-10-3-5-12(6-4-10)18(15,16)14-9-13(17-2)7-11(14)8-13/h3-6,11H,7-9H2,1-2H3. The fourth-order valence-corrected chi connectivity index (χ4v) is 4.60. The van der Waals surface area contributed by atoms with Crippen molar-refractivity contribution in [3.05, 3.63) is 29.8 Å². The Morgan fingerprint density at radius 2 is 1.89 bits per heavy atom. The Labute approximate surface area is 108 Å². The van der Waals surface area contributed by atoms with E-state index in [2.05, 4.69) is 0 Å². The van der Waals surface area contributed by atoms with Crippen LogP contribution in [0.5, 0.6) is 0 Å². The van der Waals surface area contributed by atoms with Crippen LogP contribution in [-0.2, 0) is 14.8 Å². The minimum absolute atomic E-state index is 0.122. The van der Waals surface area contributed by atoms with Gasteiger partial charge in [0.2, 0.25) is 10.0 Å². The first-order valence-electron chi connectivity index (χ1n) is 6.11. The molecule has 1 aliphatic carbocycles. The van der Waals surface area contributed by atoms with Gasteiger partial charge in [0.15, 0.2) is 0 Å². The third kappa shape index (κ3) is 1.61. The zero-order valence-corrected chi connectivity index (χ0v) is 11.4. The third-order valence-electron chi connectivity index (χ3n) is 4.13.